The van der Waals surface area contributed by atoms with Crippen molar-refractivity contribution in [1.29, 1.82) is 0 Å². The van der Waals surface area contributed by atoms with Gasteiger partial charge in [0.15, 0.2) is 0 Å². The summed E-state index contributed by atoms with van der Waals surface area (Å²) in [4.78, 5) is 0. The third-order valence-electron chi connectivity index (χ3n) is 3.96. The van der Waals surface area contributed by atoms with Crippen LogP contribution in [0.4, 0.5) is 0 Å². The molecule has 0 unspecified atom stereocenters. The second-order valence-electron chi connectivity index (χ2n) is 5.09. The van der Waals surface area contributed by atoms with Crippen molar-refractivity contribution in [2.45, 2.75) is 51.3 Å². The molecule has 2 heteroatoms. The normalized spacial score (nSPS) is 17.8. The van der Waals surface area contributed by atoms with Gasteiger partial charge in [-0.05, 0) is 36.8 Å². The number of hydrogen-bond donors (Lipinski definition) is 1. The van der Waals surface area contributed by atoms with Gasteiger partial charge in [0.25, 0.3) is 0 Å². The minimum absolute atomic E-state index is 0.428. The Kier molecular flexibility index (Phi) is 4.19. The van der Waals surface area contributed by atoms with Crippen LogP contribution in [-0.4, -0.2) is 12.6 Å². The zero-order valence-corrected chi connectivity index (χ0v) is 11.0. The fourth-order valence-corrected chi connectivity index (χ4v) is 2.54. The smallest absolute Gasteiger partial charge is 0.0713 e. The molecular formula is C15H23NO. The first-order chi connectivity index (χ1) is 8.28. The quantitative estimate of drug-likeness (QED) is 0.814. The first-order valence-corrected chi connectivity index (χ1v) is 6.60. The van der Waals surface area contributed by atoms with Gasteiger partial charge in [0.2, 0.25) is 0 Å². The molecule has 1 aliphatic carbocycles. The zero-order valence-electron chi connectivity index (χ0n) is 11.0. The van der Waals surface area contributed by atoms with Gasteiger partial charge >= 0.3 is 0 Å². The molecule has 0 spiro atoms. The summed E-state index contributed by atoms with van der Waals surface area (Å²) >= 11 is 0. The van der Waals surface area contributed by atoms with E-state index in [4.69, 9.17) is 4.74 Å². The van der Waals surface area contributed by atoms with Crippen LogP contribution in [0.25, 0.3) is 0 Å². The van der Waals surface area contributed by atoms with E-state index >= 15 is 0 Å². The minimum atomic E-state index is 0.428. The highest BCUT2D eigenvalue weighted by atomic mass is 16.5. The first kappa shape index (κ1) is 12.6. The van der Waals surface area contributed by atoms with Crippen LogP contribution in [0.5, 0.6) is 0 Å². The standard InChI is InChI=1S/C15H23NO/c1-3-15(8-5-9-15)16-11-13-6-4-7-14(10-13)12-17-2/h4,6-7,10,16H,3,5,8-9,11-12H2,1-2H3. The molecule has 0 aliphatic heterocycles. The summed E-state index contributed by atoms with van der Waals surface area (Å²) < 4.78 is 5.16. The summed E-state index contributed by atoms with van der Waals surface area (Å²) in [5.41, 5.74) is 3.04. The van der Waals surface area contributed by atoms with Crippen molar-refractivity contribution in [1.82, 2.24) is 5.32 Å². The lowest BCUT2D eigenvalue weighted by molar-refractivity contribution is 0.175. The van der Waals surface area contributed by atoms with Gasteiger partial charge in [0.05, 0.1) is 6.61 Å². The fourth-order valence-electron chi connectivity index (χ4n) is 2.54. The monoisotopic (exact) mass is 233 g/mol. The molecular weight excluding hydrogens is 210 g/mol. The highest BCUT2D eigenvalue weighted by Crippen LogP contribution is 2.34. The summed E-state index contributed by atoms with van der Waals surface area (Å²) in [5, 5.41) is 3.73. The van der Waals surface area contributed by atoms with E-state index in [1.807, 2.05) is 0 Å². The maximum atomic E-state index is 5.16. The lowest BCUT2D eigenvalue weighted by Crippen LogP contribution is -2.49. The summed E-state index contributed by atoms with van der Waals surface area (Å²) in [5.74, 6) is 0. The van der Waals surface area contributed by atoms with E-state index in [-0.39, 0.29) is 0 Å². The van der Waals surface area contributed by atoms with Gasteiger partial charge in [-0.1, -0.05) is 31.2 Å². The van der Waals surface area contributed by atoms with Gasteiger partial charge in [-0.25, -0.2) is 0 Å². The topological polar surface area (TPSA) is 21.3 Å². The molecule has 0 heterocycles. The maximum absolute atomic E-state index is 5.16. The van der Waals surface area contributed by atoms with E-state index < -0.39 is 0 Å². The van der Waals surface area contributed by atoms with Crippen LogP contribution >= 0.6 is 0 Å². The second kappa shape index (κ2) is 5.65. The molecule has 2 nitrogen and oxygen atoms in total. The lowest BCUT2D eigenvalue weighted by Gasteiger charge is -2.42. The Morgan fingerprint density at radius 3 is 2.65 bits per heavy atom. The summed E-state index contributed by atoms with van der Waals surface area (Å²) in [6.45, 7) is 3.96. The van der Waals surface area contributed by atoms with Crippen LogP contribution in [0.1, 0.15) is 43.7 Å². The molecule has 1 aromatic carbocycles. The molecule has 17 heavy (non-hydrogen) atoms. The molecule has 1 aliphatic rings. The summed E-state index contributed by atoms with van der Waals surface area (Å²) in [6, 6.07) is 8.66. The summed E-state index contributed by atoms with van der Waals surface area (Å²) in [7, 11) is 1.74. The van der Waals surface area contributed by atoms with Crippen molar-refractivity contribution < 1.29 is 4.74 Å². The predicted octanol–water partition coefficient (Wildman–Crippen LogP) is 3.26. The molecule has 1 aromatic rings. The second-order valence-corrected chi connectivity index (χ2v) is 5.09. The number of methoxy groups -OCH3 is 1. The van der Waals surface area contributed by atoms with E-state index in [9.17, 15) is 0 Å². The molecule has 0 aromatic heterocycles. The fraction of sp³-hybridized carbons (Fsp3) is 0.600. The van der Waals surface area contributed by atoms with Crippen LogP contribution in [0.15, 0.2) is 24.3 Å². The van der Waals surface area contributed by atoms with Crippen LogP contribution < -0.4 is 5.32 Å². The van der Waals surface area contributed by atoms with Crippen LogP contribution in [0.2, 0.25) is 0 Å². The average molecular weight is 233 g/mol. The Morgan fingerprint density at radius 2 is 2.06 bits per heavy atom. The van der Waals surface area contributed by atoms with Gasteiger partial charge in [0.1, 0.15) is 0 Å². The Morgan fingerprint density at radius 1 is 1.29 bits per heavy atom. The molecule has 1 fully saturated rings. The van der Waals surface area contributed by atoms with Crippen molar-refractivity contribution in [2.75, 3.05) is 7.11 Å². The third kappa shape index (κ3) is 3.08. The molecule has 0 saturated heterocycles. The molecule has 0 atom stereocenters. The molecule has 1 N–H and O–H groups in total. The van der Waals surface area contributed by atoms with Crippen molar-refractivity contribution in [2.24, 2.45) is 0 Å². The number of ether oxygens (including phenoxy) is 1. The zero-order chi connectivity index (χ0) is 12.1. The van der Waals surface area contributed by atoms with E-state index in [0.717, 1.165) is 6.54 Å². The van der Waals surface area contributed by atoms with Crippen molar-refractivity contribution >= 4 is 0 Å². The number of nitrogens with one attached hydrogen (secondary N) is 1. The SMILES string of the molecule is CCC1(NCc2cccc(COC)c2)CCC1. The molecule has 0 bridgehead atoms. The van der Waals surface area contributed by atoms with Gasteiger partial charge in [-0.3, -0.25) is 0 Å². The van der Waals surface area contributed by atoms with E-state index in [1.165, 1.54) is 36.8 Å². The number of rotatable bonds is 6. The Hall–Kier alpha value is -0.860. The Balaban J connectivity index is 1.92. The molecule has 2 rings (SSSR count). The third-order valence-corrected chi connectivity index (χ3v) is 3.96. The average Bonchev–Trinajstić information content (AvgIpc) is 2.29. The van der Waals surface area contributed by atoms with Gasteiger partial charge in [-0.15, -0.1) is 0 Å². The van der Waals surface area contributed by atoms with E-state index in [2.05, 4.69) is 36.5 Å². The largest absolute Gasteiger partial charge is 0.380 e. The van der Waals surface area contributed by atoms with Crippen LogP contribution in [0.3, 0.4) is 0 Å². The molecule has 1 saturated carbocycles. The molecule has 94 valence electrons. The Labute approximate surface area is 104 Å². The number of benzene rings is 1. The van der Waals surface area contributed by atoms with Crippen LogP contribution in [0, 0.1) is 0 Å². The van der Waals surface area contributed by atoms with Gasteiger partial charge < -0.3 is 10.1 Å². The minimum Gasteiger partial charge on any atom is -0.380 e. The van der Waals surface area contributed by atoms with Gasteiger partial charge in [0, 0.05) is 19.2 Å². The van der Waals surface area contributed by atoms with Crippen molar-refractivity contribution in [3.63, 3.8) is 0 Å². The molecule has 0 amide bonds. The maximum Gasteiger partial charge on any atom is 0.0713 e. The lowest BCUT2D eigenvalue weighted by atomic mass is 9.75. The van der Waals surface area contributed by atoms with E-state index in [1.54, 1.807) is 7.11 Å². The molecule has 0 radical (unpaired) electrons. The number of hydrogen-bond acceptors (Lipinski definition) is 2. The van der Waals surface area contributed by atoms with Crippen molar-refractivity contribution in [3.05, 3.63) is 35.4 Å². The van der Waals surface area contributed by atoms with Gasteiger partial charge in [-0.2, -0.15) is 0 Å². The van der Waals surface area contributed by atoms with Crippen molar-refractivity contribution in [3.8, 4) is 0 Å². The highest BCUT2D eigenvalue weighted by Gasteiger charge is 2.33. The summed E-state index contributed by atoms with van der Waals surface area (Å²) in [6.07, 6.45) is 5.29. The first-order valence-electron chi connectivity index (χ1n) is 6.60. The van der Waals surface area contributed by atoms with E-state index in [0.29, 0.717) is 12.1 Å². The Bertz CT molecular complexity index is 352. The van der Waals surface area contributed by atoms with Crippen LogP contribution in [-0.2, 0) is 17.9 Å². The predicted molar refractivity (Wildman–Crippen MR) is 70.9 cm³/mol. The highest BCUT2D eigenvalue weighted by molar-refractivity contribution is 5.23.